The van der Waals surface area contributed by atoms with Crippen molar-refractivity contribution in [1.82, 2.24) is 20.0 Å². The van der Waals surface area contributed by atoms with Crippen LogP contribution in [0.5, 0.6) is 0 Å². The molecule has 20 atom stereocenters. The number of nitrogens with zero attached hydrogens (tertiary/aromatic N) is 4. The summed E-state index contributed by atoms with van der Waals surface area (Å²) in [7, 11) is 4.87. The van der Waals surface area contributed by atoms with E-state index in [1.807, 2.05) is 11.9 Å². The molecule has 0 spiro atoms. The van der Waals surface area contributed by atoms with Crippen LogP contribution < -0.4 is 16.8 Å². The van der Waals surface area contributed by atoms with Crippen LogP contribution in [0.3, 0.4) is 0 Å². The van der Waals surface area contributed by atoms with E-state index >= 15 is 0 Å². The van der Waals surface area contributed by atoms with Gasteiger partial charge in [0, 0.05) is 90.0 Å². The molecule has 0 aromatic heterocycles. The summed E-state index contributed by atoms with van der Waals surface area (Å²) < 4.78 is 59.8. The third-order valence-corrected chi connectivity index (χ3v) is 19.5. The number of nitrogens with one attached hydrogen (secondary N) is 1. The summed E-state index contributed by atoms with van der Waals surface area (Å²) in [4.78, 5) is 77.1. The van der Waals surface area contributed by atoms with E-state index in [0.29, 0.717) is 100 Å². The van der Waals surface area contributed by atoms with E-state index in [2.05, 4.69) is 10.3 Å². The van der Waals surface area contributed by atoms with E-state index in [1.54, 1.807) is 42.4 Å². The number of carboxylic acid groups (broad SMARTS) is 2. The van der Waals surface area contributed by atoms with Crippen molar-refractivity contribution >= 4 is 83.0 Å². The van der Waals surface area contributed by atoms with Gasteiger partial charge in [-0.2, -0.15) is 54.5 Å². The number of carbonyl (C=O) groups excluding carboxylic acids is 5. The number of thioether (sulfide) groups is 4. The first kappa shape index (κ1) is 90.2. The van der Waals surface area contributed by atoms with Crippen LogP contribution in [0.4, 0.5) is 0 Å². The fraction of sp³-hybridized carbons (Fsp3) is 0.895. The van der Waals surface area contributed by atoms with Crippen LogP contribution in [0.25, 0.3) is 0 Å². The molecule has 4 aliphatic heterocycles. The number of hydrogen-bond donors (Lipinski definition) is 15. The lowest BCUT2D eigenvalue weighted by atomic mass is 9.96. The first-order valence-corrected chi connectivity index (χ1v) is 36.0. The summed E-state index contributed by atoms with van der Waals surface area (Å²) in [6.07, 6.45) is -22.8. The highest BCUT2D eigenvalue weighted by Crippen LogP contribution is 2.32. The van der Waals surface area contributed by atoms with Gasteiger partial charge in [-0.25, -0.2) is 0 Å². The highest BCUT2D eigenvalue weighted by molar-refractivity contribution is 8.00. The number of ether oxygens (including phenoxy) is 10. The molecule has 4 heterocycles. The minimum Gasteiger partial charge on any atom is -0.480 e. The number of methoxy groups -OCH3 is 1. The van der Waals surface area contributed by atoms with Crippen molar-refractivity contribution in [2.45, 2.75) is 155 Å². The molecule has 40 heteroatoms. The quantitative estimate of drug-likeness (QED) is 0.0153. The summed E-state index contributed by atoms with van der Waals surface area (Å²) in [5.41, 5.74) is 10.8. The molecule has 36 nitrogen and oxygen atoms in total. The van der Waals surface area contributed by atoms with Crippen molar-refractivity contribution in [3.05, 3.63) is 0 Å². The SMILES string of the molecule is CCC1O[C@H](OCC2O[C@H](OCC3O[C@H](OC)C(OCCCSCCNC(=O)CN(CCN(C)CCN(C)CC(=O)O)CC(=O)O)[C@@H](O)[C@@H]3O)C(OCCCSCCN)[C@@H](O)[C@@H]2O)C(OCCCSCCN=C(N)CS[C@H]2OC(CO)[C@@H](O)C(O)[C@H]2O)[C@@H](O)[C@@H]1O.O=C=O.O=C=O. The van der Waals surface area contributed by atoms with Crippen LogP contribution in [0.2, 0.25) is 0 Å². The zero-order valence-corrected chi connectivity index (χ0v) is 58.3. The number of nitrogens with two attached hydrogens (primary N) is 2. The number of hydrogen-bond acceptors (Lipinski definition) is 36. The first-order valence-electron chi connectivity index (χ1n) is 31.5. The average Bonchev–Trinajstić information content (AvgIpc) is 0.840. The Kier molecular flexibility index (Phi) is 48.4. The molecule has 4 fully saturated rings. The van der Waals surface area contributed by atoms with E-state index in [0.717, 1.165) is 17.5 Å². The third-order valence-electron chi connectivity index (χ3n) is 15.1. The van der Waals surface area contributed by atoms with E-state index in [-0.39, 0.29) is 69.3 Å². The number of carbonyl (C=O) groups is 3. The summed E-state index contributed by atoms with van der Waals surface area (Å²) in [6.45, 7) is 3.25. The molecule has 4 aliphatic rings. The lowest BCUT2D eigenvalue weighted by Crippen LogP contribution is -2.63. The van der Waals surface area contributed by atoms with Gasteiger partial charge in [0.15, 0.2) is 18.9 Å². The Morgan fingerprint density at radius 3 is 1.51 bits per heavy atom. The Morgan fingerprint density at radius 2 is 1.01 bits per heavy atom. The maximum atomic E-state index is 12.7. The molecular weight excluding hydrogens is 1370 g/mol. The van der Waals surface area contributed by atoms with Crippen molar-refractivity contribution in [2.75, 3.05) is 167 Å². The average molecular weight is 1480 g/mol. The highest BCUT2D eigenvalue weighted by Gasteiger charge is 2.51. The lowest BCUT2D eigenvalue weighted by Gasteiger charge is -2.45. The van der Waals surface area contributed by atoms with Crippen molar-refractivity contribution in [3.63, 3.8) is 0 Å². The summed E-state index contributed by atoms with van der Waals surface area (Å²) in [5, 5.41) is 129. The van der Waals surface area contributed by atoms with Crippen LogP contribution in [-0.4, -0.2) is 400 Å². The van der Waals surface area contributed by atoms with Crippen molar-refractivity contribution in [1.29, 1.82) is 0 Å². The molecule has 4 rings (SSSR count). The Labute approximate surface area is 580 Å². The van der Waals surface area contributed by atoms with E-state index in [4.69, 9.17) is 83.1 Å². The van der Waals surface area contributed by atoms with Gasteiger partial charge in [-0.1, -0.05) is 6.92 Å². The van der Waals surface area contributed by atoms with Gasteiger partial charge in [0.2, 0.25) is 5.91 Å². The van der Waals surface area contributed by atoms with Crippen LogP contribution in [0, 0.1) is 0 Å². The molecule has 0 aliphatic carbocycles. The number of aliphatic imine (C=N–C) groups is 1. The van der Waals surface area contributed by atoms with Gasteiger partial charge in [-0.05, 0) is 57.0 Å². The number of likely N-dealkylation sites (N-methyl/N-ethyl adjacent to an activating group) is 2. The Hall–Kier alpha value is -2.92. The van der Waals surface area contributed by atoms with Gasteiger partial charge in [-0.3, -0.25) is 29.2 Å². The number of carboxylic acids is 2. The number of amidine groups is 1. The predicted molar refractivity (Wildman–Crippen MR) is 348 cm³/mol. The van der Waals surface area contributed by atoms with E-state index < -0.39 is 154 Å². The van der Waals surface area contributed by atoms with Crippen LogP contribution in [0.1, 0.15) is 32.6 Å². The van der Waals surface area contributed by atoms with Gasteiger partial charge < -0.3 is 130 Å². The number of aliphatic hydroxyl groups excluding tert-OH is 10. The van der Waals surface area contributed by atoms with Crippen LogP contribution in [0.15, 0.2) is 4.99 Å². The number of aliphatic carboxylic acids is 2. The maximum absolute atomic E-state index is 12.7. The summed E-state index contributed by atoms with van der Waals surface area (Å²) in [6, 6.07) is 0. The predicted octanol–water partition coefficient (Wildman–Crippen LogP) is -6.93. The van der Waals surface area contributed by atoms with Gasteiger partial charge in [0.1, 0.15) is 103 Å². The maximum Gasteiger partial charge on any atom is 0.373 e. The van der Waals surface area contributed by atoms with Gasteiger partial charge in [0.25, 0.3) is 0 Å². The molecule has 4 saturated heterocycles. The molecule has 97 heavy (non-hydrogen) atoms. The monoisotopic (exact) mass is 1480 g/mol. The molecule has 17 N–H and O–H groups in total. The fourth-order valence-corrected chi connectivity index (χ4v) is 13.1. The first-order chi connectivity index (χ1) is 46.4. The molecule has 0 aromatic carbocycles. The van der Waals surface area contributed by atoms with Crippen LogP contribution >= 0.6 is 47.0 Å². The second kappa shape index (κ2) is 52.1. The zero-order chi connectivity index (χ0) is 72.4. The second-order valence-corrected chi connectivity index (χ2v) is 27.3. The topological polar surface area (TPSA) is 541 Å². The van der Waals surface area contributed by atoms with Crippen molar-refractivity contribution < 1.29 is 142 Å². The molecular formula is C57H103N7O29S4. The lowest BCUT2D eigenvalue weighted by molar-refractivity contribution is -0.347. The minimum atomic E-state index is -1.60. The highest BCUT2D eigenvalue weighted by atomic mass is 32.2. The van der Waals surface area contributed by atoms with Gasteiger partial charge in [0.05, 0.1) is 51.3 Å². The Morgan fingerprint density at radius 1 is 0.557 bits per heavy atom. The smallest absolute Gasteiger partial charge is 0.373 e. The molecule has 564 valence electrons. The number of rotatable bonds is 47. The largest absolute Gasteiger partial charge is 0.480 e. The van der Waals surface area contributed by atoms with Gasteiger partial charge in [-0.15, -0.1) is 11.8 Å². The normalized spacial score (nSPS) is 30.6. The van der Waals surface area contributed by atoms with Gasteiger partial charge >= 0.3 is 24.2 Å². The molecule has 0 bridgehead atoms. The summed E-state index contributed by atoms with van der Waals surface area (Å²) >= 11 is 5.78. The second-order valence-electron chi connectivity index (χ2n) is 22.5. The standard InChI is InChI=1S/C55H103N7O25S4.2CO2/c1-5-32-40(69)45(74)50(80-18-8-20-89-23-10-58-36(57)31-91-55-48(77)44(73)41(70)33(28-63)87-55)53(84-32)82-30-35-43(72)47(76)51(81-17-6-19-88-22-9-56)54(86-35)83-29-34-42(71)46(75)49(52(78-4)85-34)79-16-7-21-90-24-11-59-37(64)25-62(27-39(67)68)15-14-60(2)12-13-61(3)26-38(65)66;2*2-1-3/h32-35,40-55,63,69-77H,5-31,56H2,1-4H3,(H2,57,58)(H,59,64)(H,65,66)(H,67,68);;/t32?,33?,34?,35?,40-,41-,42-,43-,44?,45+,46+,47+,48-,49?,50?,51?,52+,53+,54+,55-;;/m1../s1. The number of amides is 1. The molecule has 0 saturated carbocycles. The third kappa shape index (κ3) is 34.3. The van der Waals surface area contributed by atoms with Crippen LogP contribution in [-0.2, 0) is 80.9 Å². The van der Waals surface area contributed by atoms with Crippen molar-refractivity contribution in [3.8, 4) is 0 Å². The molecule has 8 unspecified atom stereocenters. The Balaban J connectivity index is 0.00000513. The molecule has 0 aromatic rings. The van der Waals surface area contributed by atoms with E-state index in [9.17, 15) is 70.6 Å². The van der Waals surface area contributed by atoms with E-state index in [1.165, 1.54) is 23.8 Å². The minimum absolute atomic E-state index is 0.0979. The Bertz CT molecular complexity index is 2240. The molecule has 1 amide bonds. The zero-order valence-electron chi connectivity index (χ0n) is 55.0. The summed E-state index contributed by atoms with van der Waals surface area (Å²) in [5.74, 6) is 1.88. The fourth-order valence-electron chi connectivity index (χ4n) is 9.90. The van der Waals surface area contributed by atoms with Crippen molar-refractivity contribution in [2.24, 2.45) is 16.5 Å². The number of aliphatic hydroxyl groups is 10. The molecule has 0 radical (unpaired) electrons.